The van der Waals surface area contributed by atoms with Gasteiger partial charge in [-0.25, -0.2) is 4.79 Å². The maximum absolute atomic E-state index is 14.0. The van der Waals surface area contributed by atoms with Gasteiger partial charge in [0.15, 0.2) is 0 Å². The zero-order valence-electron chi connectivity index (χ0n) is 19.8. The van der Waals surface area contributed by atoms with Gasteiger partial charge in [0.05, 0.1) is 12.5 Å². The van der Waals surface area contributed by atoms with Crippen LogP contribution in [0.2, 0.25) is 0 Å². The molecule has 34 heavy (non-hydrogen) atoms. The van der Waals surface area contributed by atoms with Gasteiger partial charge in [-0.3, -0.25) is 4.79 Å². The number of aromatic nitrogens is 1. The Kier molecular flexibility index (Phi) is 6.62. The average Bonchev–Trinajstić information content (AvgIpc) is 3.10. The molecule has 1 aliphatic carbocycles. The summed E-state index contributed by atoms with van der Waals surface area (Å²) in [5.41, 5.74) is -1.88. The second-order valence-corrected chi connectivity index (χ2v) is 9.96. The van der Waals surface area contributed by atoms with E-state index in [4.69, 9.17) is 15.9 Å². The molecule has 1 saturated carbocycles. The zero-order valence-corrected chi connectivity index (χ0v) is 19.8. The summed E-state index contributed by atoms with van der Waals surface area (Å²) in [6, 6.07) is 6.35. The Morgan fingerprint density at radius 2 is 1.85 bits per heavy atom. The summed E-state index contributed by atoms with van der Waals surface area (Å²) in [4.78, 5) is 24.8. The lowest BCUT2D eigenvalue weighted by molar-refractivity contribution is -0.151. The molecule has 0 bridgehead atoms. The quantitative estimate of drug-likeness (QED) is 0.314. The molecule has 0 N–H and O–H groups in total. The predicted molar refractivity (Wildman–Crippen MR) is 121 cm³/mol. The highest BCUT2D eigenvalue weighted by molar-refractivity contribution is 5.87. The van der Waals surface area contributed by atoms with E-state index < -0.39 is 47.3 Å². The van der Waals surface area contributed by atoms with Crippen molar-refractivity contribution in [2.24, 2.45) is 17.3 Å². The highest BCUT2D eigenvalue weighted by Gasteiger charge is 2.61. The molecule has 2 aromatic rings. The van der Waals surface area contributed by atoms with E-state index in [1.807, 2.05) is 13.8 Å². The standard InChI is InChI=1S/C26H28F3NO4/c1-7-14-30-19-11-9-8-10-16(19)17(22(30)26(27,28)29)15-33-23(32)21-18(25(21,5)6)12-13-20(31)34-24(2,3)4/h1,8-13,18,21H,14-15H2,2-6H3/b13-12-/t18-,21-/m0/s1. The number of hydrogen-bond acceptors (Lipinski definition) is 4. The Morgan fingerprint density at radius 3 is 2.44 bits per heavy atom. The van der Waals surface area contributed by atoms with Crippen molar-refractivity contribution in [1.82, 2.24) is 4.57 Å². The summed E-state index contributed by atoms with van der Waals surface area (Å²) in [6.07, 6.45) is 3.50. The van der Waals surface area contributed by atoms with E-state index in [0.717, 1.165) is 4.57 Å². The smallest absolute Gasteiger partial charge is 0.431 e. The van der Waals surface area contributed by atoms with Crippen LogP contribution in [-0.2, 0) is 38.4 Å². The molecule has 182 valence electrons. The molecule has 2 atom stereocenters. The van der Waals surface area contributed by atoms with Crippen LogP contribution in [0.5, 0.6) is 0 Å². The number of nitrogens with zero attached hydrogens (tertiary/aromatic N) is 1. The van der Waals surface area contributed by atoms with Crippen LogP contribution in [-0.4, -0.2) is 22.1 Å². The number of halogens is 3. The van der Waals surface area contributed by atoms with Crippen LogP contribution < -0.4 is 0 Å². The minimum atomic E-state index is -4.69. The number of carbonyl (C=O) groups is 2. The number of ether oxygens (including phenoxy) is 2. The summed E-state index contributed by atoms with van der Waals surface area (Å²) >= 11 is 0. The molecular formula is C26H28F3NO4. The molecule has 1 aliphatic rings. The first kappa shape index (κ1) is 25.4. The molecule has 1 aromatic heterocycles. The molecule has 1 heterocycles. The fourth-order valence-corrected chi connectivity index (χ4v) is 4.34. The topological polar surface area (TPSA) is 57.5 Å². The van der Waals surface area contributed by atoms with Gasteiger partial charge in [-0.2, -0.15) is 13.2 Å². The molecule has 1 aromatic carbocycles. The molecule has 8 heteroatoms. The number of benzene rings is 1. The van der Waals surface area contributed by atoms with Gasteiger partial charge in [-0.05, 0) is 38.2 Å². The largest absolute Gasteiger partial charge is 0.460 e. The number of fused-ring (bicyclic) bond motifs is 1. The molecule has 0 amide bonds. The van der Waals surface area contributed by atoms with Crippen molar-refractivity contribution in [3.05, 3.63) is 47.7 Å². The Hall–Kier alpha value is -3.21. The summed E-state index contributed by atoms with van der Waals surface area (Å²) < 4.78 is 53.5. The first-order valence-electron chi connectivity index (χ1n) is 10.9. The molecular weight excluding hydrogens is 447 g/mol. The summed E-state index contributed by atoms with van der Waals surface area (Å²) in [5, 5.41) is 0.328. The van der Waals surface area contributed by atoms with E-state index in [1.54, 1.807) is 51.1 Å². The molecule has 0 unspecified atom stereocenters. The van der Waals surface area contributed by atoms with Crippen LogP contribution in [0.3, 0.4) is 0 Å². The van der Waals surface area contributed by atoms with Crippen LogP contribution in [0, 0.1) is 29.6 Å². The Balaban J connectivity index is 1.81. The lowest BCUT2D eigenvalue weighted by Crippen LogP contribution is -2.22. The van der Waals surface area contributed by atoms with E-state index in [-0.39, 0.29) is 18.0 Å². The molecule has 5 nitrogen and oxygen atoms in total. The zero-order chi connectivity index (χ0) is 25.5. The van der Waals surface area contributed by atoms with Gasteiger partial charge >= 0.3 is 18.1 Å². The van der Waals surface area contributed by atoms with Gasteiger partial charge in [0.1, 0.15) is 17.9 Å². The van der Waals surface area contributed by atoms with Crippen LogP contribution in [0.25, 0.3) is 10.9 Å². The van der Waals surface area contributed by atoms with E-state index in [2.05, 4.69) is 5.92 Å². The van der Waals surface area contributed by atoms with Crippen molar-refractivity contribution in [2.45, 2.75) is 59.5 Å². The molecule has 0 aliphatic heterocycles. The second-order valence-electron chi connectivity index (χ2n) is 9.96. The van der Waals surface area contributed by atoms with Crippen molar-refractivity contribution >= 4 is 22.8 Å². The number of rotatable bonds is 6. The fraction of sp³-hybridized carbons (Fsp3) is 0.462. The fourth-order valence-electron chi connectivity index (χ4n) is 4.34. The number of para-hydroxylation sites is 1. The lowest BCUT2D eigenvalue weighted by atomic mass is 10.1. The van der Waals surface area contributed by atoms with Crippen molar-refractivity contribution < 1.29 is 32.2 Å². The Morgan fingerprint density at radius 1 is 1.21 bits per heavy atom. The van der Waals surface area contributed by atoms with Crippen molar-refractivity contribution in [2.75, 3.05) is 0 Å². The van der Waals surface area contributed by atoms with E-state index in [0.29, 0.717) is 10.9 Å². The maximum atomic E-state index is 14.0. The Labute approximate surface area is 196 Å². The first-order valence-corrected chi connectivity index (χ1v) is 10.9. The van der Waals surface area contributed by atoms with Gasteiger partial charge in [0.25, 0.3) is 0 Å². The third kappa shape index (κ3) is 5.14. The molecule has 3 rings (SSSR count). The summed E-state index contributed by atoms with van der Waals surface area (Å²) in [6.45, 7) is 8.10. The van der Waals surface area contributed by atoms with Crippen LogP contribution in [0.1, 0.15) is 45.9 Å². The SMILES string of the molecule is C#CCn1c(C(F)(F)F)c(COC(=O)[C@@H]2[C@H](/C=C\C(=O)OC(C)(C)C)C2(C)C)c2ccccc21. The van der Waals surface area contributed by atoms with Gasteiger partial charge < -0.3 is 14.0 Å². The molecule has 0 saturated heterocycles. The van der Waals surface area contributed by atoms with Crippen molar-refractivity contribution in [3.63, 3.8) is 0 Å². The highest BCUT2D eigenvalue weighted by atomic mass is 19.4. The minimum Gasteiger partial charge on any atom is -0.460 e. The average molecular weight is 476 g/mol. The third-order valence-electron chi connectivity index (χ3n) is 5.96. The molecule has 0 spiro atoms. The first-order chi connectivity index (χ1) is 15.7. The van der Waals surface area contributed by atoms with E-state index in [1.165, 1.54) is 6.08 Å². The molecule has 0 radical (unpaired) electrons. The van der Waals surface area contributed by atoms with E-state index >= 15 is 0 Å². The molecule has 1 fully saturated rings. The van der Waals surface area contributed by atoms with Gasteiger partial charge in [0.2, 0.25) is 0 Å². The van der Waals surface area contributed by atoms with Crippen molar-refractivity contribution in [1.29, 1.82) is 0 Å². The number of allylic oxidation sites excluding steroid dienone is 1. The summed E-state index contributed by atoms with van der Waals surface area (Å²) in [5.74, 6) is 0.232. The Bertz CT molecular complexity index is 1180. The number of alkyl halides is 3. The second kappa shape index (κ2) is 8.86. The van der Waals surface area contributed by atoms with Crippen molar-refractivity contribution in [3.8, 4) is 12.3 Å². The lowest BCUT2D eigenvalue weighted by Gasteiger charge is -2.17. The van der Waals surface area contributed by atoms with Crippen LogP contribution >= 0.6 is 0 Å². The maximum Gasteiger partial charge on any atom is 0.431 e. The van der Waals surface area contributed by atoms with Gasteiger partial charge in [-0.15, -0.1) is 6.42 Å². The third-order valence-corrected chi connectivity index (χ3v) is 5.96. The van der Waals surface area contributed by atoms with Gasteiger partial charge in [-0.1, -0.05) is 44.0 Å². The van der Waals surface area contributed by atoms with E-state index in [9.17, 15) is 22.8 Å². The van der Waals surface area contributed by atoms with Crippen LogP contribution in [0.15, 0.2) is 36.4 Å². The number of terminal acetylenes is 1. The number of esters is 2. The van der Waals surface area contributed by atoms with Crippen LogP contribution in [0.4, 0.5) is 13.2 Å². The minimum absolute atomic E-state index is 0.133. The van der Waals surface area contributed by atoms with Gasteiger partial charge in [0, 0.05) is 22.5 Å². The highest BCUT2D eigenvalue weighted by Crippen LogP contribution is 2.59. The monoisotopic (exact) mass is 475 g/mol. The summed E-state index contributed by atoms with van der Waals surface area (Å²) in [7, 11) is 0. The number of carbonyl (C=O) groups excluding carboxylic acids is 2. The predicted octanol–water partition coefficient (Wildman–Crippen LogP) is 5.51. The normalized spacial score (nSPS) is 19.7. The number of hydrogen-bond donors (Lipinski definition) is 0.